The van der Waals surface area contributed by atoms with E-state index in [0.29, 0.717) is 6.04 Å². The molecule has 3 rings (SSSR count). The van der Waals surface area contributed by atoms with E-state index in [9.17, 15) is 0 Å². The van der Waals surface area contributed by atoms with Gasteiger partial charge in [0.2, 0.25) is 11.8 Å². The van der Waals surface area contributed by atoms with Crippen molar-refractivity contribution < 1.29 is 9.15 Å². The van der Waals surface area contributed by atoms with Crippen LogP contribution in [-0.2, 0) is 13.6 Å². The minimum atomic E-state index is 0.316. The zero-order valence-corrected chi connectivity index (χ0v) is 14.0. The Morgan fingerprint density at radius 1 is 1.27 bits per heavy atom. The normalized spacial score (nSPS) is 19.0. The molecule has 120 valence electrons. The number of likely N-dealkylation sites (tertiary alicyclic amines) is 1. The van der Waals surface area contributed by atoms with Gasteiger partial charge in [-0.25, -0.2) is 9.67 Å². The van der Waals surface area contributed by atoms with Gasteiger partial charge in [-0.15, -0.1) is 0 Å². The second-order valence-corrected chi connectivity index (χ2v) is 6.01. The van der Waals surface area contributed by atoms with Gasteiger partial charge in [0.25, 0.3) is 0 Å². The van der Waals surface area contributed by atoms with Gasteiger partial charge in [-0.2, -0.15) is 5.10 Å². The molecule has 0 saturated carbocycles. The summed E-state index contributed by atoms with van der Waals surface area (Å²) in [5.74, 6) is 2.55. The van der Waals surface area contributed by atoms with E-state index in [1.807, 2.05) is 32.5 Å². The summed E-state index contributed by atoms with van der Waals surface area (Å²) in [6.07, 6.45) is 2.28. The molecule has 0 unspecified atom stereocenters. The number of ether oxygens (including phenoxy) is 1. The summed E-state index contributed by atoms with van der Waals surface area (Å²) >= 11 is 0. The van der Waals surface area contributed by atoms with E-state index in [-0.39, 0.29) is 0 Å². The van der Waals surface area contributed by atoms with Crippen molar-refractivity contribution in [3.8, 4) is 5.88 Å². The van der Waals surface area contributed by atoms with Gasteiger partial charge in [0, 0.05) is 13.1 Å². The SMILES string of the molecule is COc1c([C@H]2CCCN2Cc2nc(C)c(C)o2)c(C)nn1C. The van der Waals surface area contributed by atoms with Crippen molar-refractivity contribution in [2.45, 2.75) is 46.2 Å². The van der Waals surface area contributed by atoms with Gasteiger partial charge in [0.15, 0.2) is 0 Å². The van der Waals surface area contributed by atoms with Crippen LogP contribution < -0.4 is 4.74 Å². The predicted octanol–water partition coefficient (Wildman–Crippen LogP) is 2.68. The lowest BCUT2D eigenvalue weighted by Gasteiger charge is -2.23. The average Bonchev–Trinajstić information content (AvgIpc) is 3.10. The summed E-state index contributed by atoms with van der Waals surface area (Å²) in [7, 11) is 3.63. The van der Waals surface area contributed by atoms with E-state index in [4.69, 9.17) is 9.15 Å². The molecule has 2 aromatic heterocycles. The van der Waals surface area contributed by atoms with Gasteiger partial charge in [-0.05, 0) is 40.2 Å². The number of rotatable bonds is 4. The molecule has 22 heavy (non-hydrogen) atoms. The molecule has 0 aliphatic carbocycles. The van der Waals surface area contributed by atoms with Crippen molar-refractivity contribution in [1.29, 1.82) is 0 Å². The number of nitrogens with zero attached hydrogens (tertiary/aromatic N) is 4. The maximum atomic E-state index is 5.75. The highest BCUT2D eigenvalue weighted by molar-refractivity contribution is 5.35. The third-order valence-electron chi connectivity index (χ3n) is 4.52. The maximum absolute atomic E-state index is 5.75. The second-order valence-electron chi connectivity index (χ2n) is 6.01. The number of aromatic nitrogens is 3. The molecule has 0 bridgehead atoms. The van der Waals surface area contributed by atoms with E-state index in [0.717, 1.165) is 48.4 Å². The number of methoxy groups -OCH3 is 1. The van der Waals surface area contributed by atoms with E-state index in [2.05, 4.69) is 15.0 Å². The molecular formula is C16H24N4O2. The van der Waals surface area contributed by atoms with E-state index in [1.165, 1.54) is 12.0 Å². The zero-order chi connectivity index (χ0) is 15.9. The molecule has 0 aromatic carbocycles. The van der Waals surface area contributed by atoms with Crippen LogP contribution in [0.25, 0.3) is 0 Å². The van der Waals surface area contributed by atoms with Gasteiger partial charge in [0.05, 0.1) is 30.6 Å². The second kappa shape index (κ2) is 5.76. The van der Waals surface area contributed by atoms with Crippen LogP contribution in [0.3, 0.4) is 0 Å². The molecule has 0 radical (unpaired) electrons. The molecule has 1 atom stereocenters. The van der Waals surface area contributed by atoms with Crippen molar-refractivity contribution in [2.75, 3.05) is 13.7 Å². The number of oxazole rings is 1. The summed E-state index contributed by atoms with van der Waals surface area (Å²) in [5, 5.41) is 4.51. The summed E-state index contributed by atoms with van der Waals surface area (Å²) in [6, 6.07) is 0.316. The zero-order valence-electron chi connectivity index (χ0n) is 14.0. The number of aryl methyl sites for hydroxylation is 4. The van der Waals surface area contributed by atoms with Gasteiger partial charge < -0.3 is 9.15 Å². The third kappa shape index (κ3) is 2.52. The van der Waals surface area contributed by atoms with Crippen molar-refractivity contribution in [2.24, 2.45) is 7.05 Å². The van der Waals surface area contributed by atoms with Crippen LogP contribution in [0.2, 0.25) is 0 Å². The summed E-state index contributed by atoms with van der Waals surface area (Å²) < 4.78 is 13.1. The third-order valence-corrected chi connectivity index (χ3v) is 4.52. The molecule has 6 heteroatoms. The highest BCUT2D eigenvalue weighted by Gasteiger charge is 2.33. The minimum Gasteiger partial charge on any atom is -0.481 e. The molecule has 1 aliphatic heterocycles. The molecule has 6 nitrogen and oxygen atoms in total. The Balaban J connectivity index is 1.87. The van der Waals surface area contributed by atoms with Crippen LogP contribution in [0.1, 0.15) is 47.5 Å². The van der Waals surface area contributed by atoms with Gasteiger partial charge in [-0.1, -0.05) is 0 Å². The standard InChI is InChI=1S/C16H24N4O2/c1-10-12(3)22-14(17-10)9-20-8-6-7-13(20)15-11(2)18-19(4)16(15)21-5/h13H,6-9H2,1-5H3/t13-/m1/s1. The fourth-order valence-corrected chi connectivity index (χ4v) is 3.40. The van der Waals surface area contributed by atoms with Crippen molar-refractivity contribution in [3.63, 3.8) is 0 Å². The fourth-order valence-electron chi connectivity index (χ4n) is 3.40. The van der Waals surface area contributed by atoms with Crippen molar-refractivity contribution in [3.05, 3.63) is 28.6 Å². The Labute approximate surface area is 131 Å². The Morgan fingerprint density at radius 2 is 2.05 bits per heavy atom. The quantitative estimate of drug-likeness (QED) is 0.869. The largest absolute Gasteiger partial charge is 0.481 e. The fraction of sp³-hybridized carbons (Fsp3) is 0.625. The lowest BCUT2D eigenvalue weighted by Crippen LogP contribution is -2.23. The van der Waals surface area contributed by atoms with Gasteiger partial charge in [-0.3, -0.25) is 4.90 Å². The van der Waals surface area contributed by atoms with Crippen LogP contribution in [-0.4, -0.2) is 33.3 Å². The van der Waals surface area contributed by atoms with Crippen molar-refractivity contribution in [1.82, 2.24) is 19.7 Å². The first-order valence-electron chi connectivity index (χ1n) is 7.75. The number of hydrogen-bond donors (Lipinski definition) is 0. The van der Waals surface area contributed by atoms with Crippen LogP contribution in [0.15, 0.2) is 4.42 Å². The molecule has 0 spiro atoms. The Morgan fingerprint density at radius 3 is 2.68 bits per heavy atom. The van der Waals surface area contributed by atoms with Crippen molar-refractivity contribution >= 4 is 0 Å². The molecule has 2 aromatic rings. The van der Waals surface area contributed by atoms with Crippen LogP contribution in [0.4, 0.5) is 0 Å². The Hall–Kier alpha value is -1.82. The van der Waals surface area contributed by atoms with E-state index in [1.54, 1.807) is 7.11 Å². The summed E-state index contributed by atoms with van der Waals surface area (Å²) in [4.78, 5) is 6.93. The molecular weight excluding hydrogens is 280 g/mol. The first-order chi connectivity index (χ1) is 10.5. The monoisotopic (exact) mass is 304 g/mol. The topological polar surface area (TPSA) is 56.3 Å². The average molecular weight is 304 g/mol. The van der Waals surface area contributed by atoms with Gasteiger partial charge in [0.1, 0.15) is 5.76 Å². The number of hydrogen-bond acceptors (Lipinski definition) is 5. The van der Waals surface area contributed by atoms with Crippen LogP contribution in [0, 0.1) is 20.8 Å². The summed E-state index contributed by atoms with van der Waals surface area (Å²) in [6.45, 7) is 7.77. The van der Waals surface area contributed by atoms with E-state index >= 15 is 0 Å². The highest BCUT2D eigenvalue weighted by atomic mass is 16.5. The molecule has 1 aliphatic rings. The van der Waals surface area contributed by atoms with E-state index < -0.39 is 0 Å². The predicted molar refractivity (Wildman–Crippen MR) is 82.9 cm³/mol. The smallest absolute Gasteiger partial charge is 0.216 e. The van der Waals surface area contributed by atoms with Crippen LogP contribution >= 0.6 is 0 Å². The Bertz CT molecular complexity index is 654. The first kappa shape index (κ1) is 15.1. The molecule has 1 saturated heterocycles. The van der Waals surface area contributed by atoms with Crippen LogP contribution in [0.5, 0.6) is 5.88 Å². The molecule has 1 fully saturated rings. The summed E-state index contributed by atoms with van der Waals surface area (Å²) in [5.41, 5.74) is 3.21. The maximum Gasteiger partial charge on any atom is 0.216 e. The highest BCUT2D eigenvalue weighted by Crippen LogP contribution is 2.39. The lowest BCUT2D eigenvalue weighted by atomic mass is 10.1. The molecule has 0 amide bonds. The van der Waals surface area contributed by atoms with Gasteiger partial charge >= 0.3 is 0 Å². The molecule has 0 N–H and O–H groups in total. The minimum absolute atomic E-state index is 0.316. The first-order valence-corrected chi connectivity index (χ1v) is 7.75. The lowest BCUT2D eigenvalue weighted by molar-refractivity contribution is 0.217. The molecule has 3 heterocycles. The Kier molecular flexibility index (Phi) is 3.95.